The fourth-order valence-corrected chi connectivity index (χ4v) is 2.07. The molecule has 0 spiro atoms. The van der Waals surface area contributed by atoms with E-state index in [1.165, 1.54) is 0 Å². The Morgan fingerprint density at radius 1 is 1.42 bits per heavy atom. The largest absolute Gasteiger partial charge is 0.356 e. The fourth-order valence-electron chi connectivity index (χ4n) is 2.07. The van der Waals surface area contributed by atoms with Crippen LogP contribution in [0.5, 0.6) is 0 Å². The summed E-state index contributed by atoms with van der Waals surface area (Å²) in [6.45, 7) is 8.92. The van der Waals surface area contributed by atoms with Crippen molar-refractivity contribution in [2.75, 3.05) is 26.2 Å². The highest BCUT2D eigenvalue weighted by Crippen LogP contribution is 2.02. The molecule has 0 aromatic rings. The number of piperazine rings is 1. The number of hydrogen-bond donors (Lipinski definition) is 2. The Balaban J connectivity index is 0.00000324. The number of amides is 2. The Morgan fingerprint density at radius 2 is 2.11 bits per heavy atom. The zero-order valence-corrected chi connectivity index (χ0v) is 12.9. The summed E-state index contributed by atoms with van der Waals surface area (Å²) in [6, 6.07) is 0.359. The Hall–Kier alpha value is -0.810. The van der Waals surface area contributed by atoms with Crippen LogP contribution in [0.4, 0.5) is 0 Å². The second kappa shape index (κ2) is 9.15. The standard InChI is InChI=1S/C13H25N3O2.ClH/c1-10(2)8-12(17)15-5-4-13(18)16-7-6-14-11(3)9-16;/h10-11,14H,4-9H2,1-3H3,(H,15,17);1H. The predicted molar refractivity (Wildman–Crippen MR) is 78.4 cm³/mol. The van der Waals surface area contributed by atoms with E-state index < -0.39 is 0 Å². The molecule has 6 heteroatoms. The van der Waals surface area contributed by atoms with Crippen LogP contribution in [0.3, 0.4) is 0 Å². The number of carbonyl (C=O) groups excluding carboxylic acids is 2. The highest BCUT2D eigenvalue weighted by atomic mass is 35.5. The lowest BCUT2D eigenvalue weighted by Crippen LogP contribution is -2.51. The first-order valence-electron chi connectivity index (χ1n) is 6.77. The minimum atomic E-state index is 0. The van der Waals surface area contributed by atoms with Crippen molar-refractivity contribution in [2.24, 2.45) is 5.92 Å². The van der Waals surface area contributed by atoms with Gasteiger partial charge in [0.05, 0.1) is 0 Å². The molecule has 1 aliphatic rings. The quantitative estimate of drug-likeness (QED) is 0.787. The summed E-state index contributed by atoms with van der Waals surface area (Å²) in [5.74, 6) is 0.523. The second-order valence-electron chi connectivity index (χ2n) is 5.39. The highest BCUT2D eigenvalue weighted by molar-refractivity contribution is 5.85. The fraction of sp³-hybridized carbons (Fsp3) is 0.846. The molecule has 5 nitrogen and oxygen atoms in total. The molecule has 1 aliphatic heterocycles. The van der Waals surface area contributed by atoms with Gasteiger partial charge in [-0.15, -0.1) is 12.4 Å². The lowest BCUT2D eigenvalue weighted by Gasteiger charge is -2.32. The predicted octanol–water partition coefficient (Wildman–Crippen LogP) is 0.781. The lowest BCUT2D eigenvalue weighted by atomic mass is 10.1. The summed E-state index contributed by atoms with van der Waals surface area (Å²) in [7, 11) is 0. The molecule has 1 rings (SSSR count). The molecule has 1 saturated heterocycles. The van der Waals surface area contributed by atoms with E-state index in [0.717, 1.165) is 19.6 Å². The zero-order chi connectivity index (χ0) is 13.5. The third kappa shape index (κ3) is 7.38. The van der Waals surface area contributed by atoms with Crippen molar-refractivity contribution >= 4 is 24.2 Å². The molecule has 2 amide bonds. The maximum atomic E-state index is 11.9. The van der Waals surface area contributed by atoms with E-state index in [9.17, 15) is 9.59 Å². The number of hydrogen-bond acceptors (Lipinski definition) is 3. The molecule has 0 aromatic carbocycles. The molecule has 0 radical (unpaired) electrons. The van der Waals surface area contributed by atoms with Crippen molar-refractivity contribution in [3.8, 4) is 0 Å². The van der Waals surface area contributed by atoms with Gasteiger partial charge in [0.25, 0.3) is 0 Å². The van der Waals surface area contributed by atoms with Crippen LogP contribution >= 0.6 is 12.4 Å². The van der Waals surface area contributed by atoms with Gasteiger partial charge in [-0.2, -0.15) is 0 Å². The Labute approximate surface area is 121 Å². The normalized spacial score (nSPS) is 18.9. The van der Waals surface area contributed by atoms with Crippen LogP contribution in [-0.4, -0.2) is 48.9 Å². The minimum absolute atomic E-state index is 0. The van der Waals surface area contributed by atoms with Gasteiger partial charge in [-0.25, -0.2) is 0 Å². The van der Waals surface area contributed by atoms with Crippen molar-refractivity contribution in [2.45, 2.75) is 39.7 Å². The molecular weight excluding hydrogens is 266 g/mol. The van der Waals surface area contributed by atoms with Crippen LogP contribution in [0.25, 0.3) is 0 Å². The maximum Gasteiger partial charge on any atom is 0.224 e. The Morgan fingerprint density at radius 3 is 2.68 bits per heavy atom. The van der Waals surface area contributed by atoms with E-state index in [2.05, 4.69) is 17.6 Å². The molecule has 19 heavy (non-hydrogen) atoms. The number of halogens is 1. The van der Waals surface area contributed by atoms with Crippen molar-refractivity contribution in [3.05, 3.63) is 0 Å². The summed E-state index contributed by atoms with van der Waals surface area (Å²) >= 11 is 0. The SMILES string of the molecule is CC(C)CC(=O)NCCC(=O)N1CCNC(C)C1.Cl. The summed E-state index contributed by atoms with van der Waals surface area (Å²) < 4.78 is 0. The van der Waals surface area contributed by atoms with Crippen LogP contribution in [0.15, 0.2) is 0 Å². The maximum absolute atomic E-state index is 11.9. The van der Waals surface area contributed by atoms with Crippen molar-refractivity contribution in [1.29, 1.82) is 0 Å². The first-order valence-corrected chi connectivity index (χ1v) is 6.77. The molecular formula is C13H26ClN3O2. The summed E-state index contributed by atoms with van der Waals surface area (Å²) in [5.41, 5.74) is 0. The molecule has 112 valence electrons. The third-order valence-corrected chi connectivity index (χ3v) is 2.98. The van der Waals surface area contributed by atoms with E-state index in [-0.39, 0.29) is 24.2 Å². The smallest absolute Gasteiger partial charge is 0.224 e. The van der Waals surface area contributed by atoms with Crippen LogP contribution in [0, 0.1) is 5.92 Å². The molecule has 0 bridgehead atoms. The molecule has 1 unspecified atom stereocenters. The number of nitrogens with zero attached hydrogens (tertiary/aromatic N) is 1. The van der Waals surface area contributed by atoms with E-state index >= 15 is 0 Å². The summed E-state index contributed by atoms with van der Waals surface area (Å²) in [5, 5.41) is 6.09. The lowest BCUT2D eigenvalue weighted by molar-refractivity contribution is -0.132. The summed E-state index contributed by atoms with van der Waals surface area (Å²) in [6.07, 6.45) is 0.926. The van der Waals surface area contributed by atoms with Crippen molar-refractivity contribution in [3.63, 3.8) is 0 Å². The van der Waals surface area contributed by atoms with Gasteiger partial charge >= 0.3 is 0 Å². The van der Waals surface area contributed by atoms with Crippen molar-refractivity contribution < 1.29 is 9.59 Å². The van der Waals surface area contributed by atoms with Gasteiger partial charge in [0.2, 0.25) is 11.8 Å². The van der Waals surface area contributed by atoms with Crippen molar-refractivity contribution in [1.82, 2.24) is 15.5 Å². The van der Waals surface area contributed by atoms with Gasteiger partial charge in [-0.05, 0) is 12.8 Å². The van der Waals surface area contributed by atoms with Crippen LogP contribution < -0.4 is 10.6 Å². The van der Waals surface area contributed by atoms with E-state index in [4.69, 9.17) is 0 Å². The molecule has 0 saturated carbocycles. The summed E-state index contributed by atoms with van der Waals surface area (Å²) in [4.78, 5) is 25.2. The number of carbonyl (C=O) groups is 2. The monoisotopic (exact) mass is 291 g/mol. The molecule has 0 aliphatic carbocycles. The van der Waals surface area contributed by atoms with E-state index in [0.29, 0.717) is 31.3 Å². The van der Waals surface area contributed by atoms with Crippen LogP contribution in [0.2, 0.25) is 0 Å². The Bertz CT molecular complexity index is 298. The van der Waals surface area contributed by atoms with E-state index in [1.54, 1.807) is 0 Å². The second-order valence-corrected chi connectivity index (χ2v) is 5.39. The third-order valence-electron chi connectivity index (χ3n) is 2.98. The zero-order valence-electron chi connectivity index (χ0n) is 12.1. The average Bonchev–Trinajstić information content (AvgIpc) is 2.27. The van der Waals surface area contributed by atoms with Gasteiger partial charge < -0.3 is 15.5 Å². The molecule has 1 heterocycles. The van der Waals surface area contributed by atoms with Gasteiger partial charge in [-0.1, -0.05) is 13.8 Å². The number of rotatable bonds is 5. The van der Waals surface area contributed by atoms with Gasteiger partial charge in [0.1, 0.15) is 0 Å². The van der Waals surface area contributed by atoms with Gasteiger partial charge in [0, 0.05) is 45.1 Å². The molecule has 0 aromatic heterocycles. The van der Waals surface area contributed by atoms with Crippen LogP contribution in [0.1, 0.15) is 33.6 Å². The van der Waals surface area contributed by atoms with Crippen LogP contribution in [-0.2, 0) is 9.59 Å². The topological polar surface area (TPSA) is 61.4 Å². The molecule has 1 atom stereocenters. The Kier molecular flexibility index (Phi) is 8.76. The van der Waals surface area contributed by atoms with Gasteiger partial charge in [0.15, 0.2) is 0 Å². The highest BCUT2D eigenvalue weighted by Gasteiger charge is 2.19. The van der Waals surface area contributed by atoms with E-state index in [1.807, 2.05) is 18.7 Å². The molecule has 2 N–H and O–H groups in total. The van der Waals surface area contributed by atoms with Gasteiger partial charge in [-0.3, -0.25) is 9.59 Å². The average molecular weight is 292 g/mol. The minimum Gasteiger partial charge on any atom is -0.356 e. The first kappa shape index (κ1) is 18.2. The molecule has 1 fully saturated rings. The number of nitrogens with one attached hydrogen (secondary N) is 2. The first-order chi connectivity index (χ1) is 8.49.